The van der Waals surface area contributed by atoms with Crippen LogP contribution < -0.4 is 5.32 Å². The molecule has 0 fully saturated rings. The standard InChI is InChI=1S/C17H16BrNO2/c1-12-4-2-3-5-15(12)19-17(21)11-10-16(20)13-6-8-14(18)9-7-13/h2-9H,10-11H2,1H3,(H,19,21). The van der Waals surface area contributed by atoms with Gasteiger partial charge in [0.05, 0.1) is 0 Å². The molecule has 0 saturated heterocycles. The van der Waals surface area contributed by atoms with Crippen LogP contribution in [0.1, 0.15) is 28.8 Å². The summed E-state index contributed by atoms with van der Waals surface area (Å²) in [5.74, 6) is -0.169. The summed E-state index contributed by atoms with van der Waals surface area (Å²) in [6.45, 7) is 1.93. The molecule has 0 aliphatic rings. The van der Waals surface area contributed by atoms with Crippen LogP contribution in [0.25, 0.3) is 0 Å². The van der Waals surface area contributed by atoms with Crippen molar-refractivity contribution in [2.24, 2.45) is 0 Å². The zero-order valence-electron chi connectivity index (χ0n) is 11.7. The number of rotatable bonds is 5. The number of benzene rings is 2. The minimum Gasteiger partial charge on any atom is -0.326 e. The summed E-state index contributed by atoms with van der Waals surface area (Å²) in [4.78, 5) is 23.9. The highest BCUT2D eigenvalue weighted by atomic mass is 79.9. The van der Waals surface area contributed by atoms with Gasteiger partial charge in [0.2, 0.25) is 5.91 Å². The number of Topliss-reactive ketones (excluding diaryl/α,β-unsaturated/α-hetero) is 1. The molecular formula is C17H16BrNO2. The smallest absolute Gasteiger partial charge is 0.224 e. The zero-order valence-corrected chi connectivity index (χ0v) is 13.3. The van der Waals surface area contributed by atoms with Gasteiger partial charge in [0.25, 0.3) is 0 Å². The second-order valence-corrected chi connectivity index (χ2v) is 5.71. The van der Waals surface area contributed by atoms with Gasteiger partial charge in [0, 0.05) is 28.6 Å². The molecule has 0 spiro atoms. The van der Waals surface area contributed by atoms with E-state index in [1.165, 1.54) is 0 Å². The van der Waals surface area contributed by atoms with Crippen molar-refractivity contribution < 1.29 is 9.59 Å². The Morgan fingerprint density at radius 2 is 1.67 bits per heavy atom. The Bertz CT molecular complexity index is 650. The molecule has 2 rings (SSSR count). The number of ketones is 1. The molecule has 4 heteroatoms. The van der Waals surface area contributed by atoms with Crippen LogP contribution >= 0.6 is 15.9 Å². The van der Waals surface area contributed by atoms with Crippen molar-refractivity contribution in [2.45, 2.75) is 19.8 Å². The molecule has 2 aromatic carbocycles. The van der Waals surface area contributed by atoms with Crippen molar-refractivity contribution in [1.82, 2.24) is 0 Å². The van der Waals surface area contributed by atoms with Crippen LogP contribution in [0.3, 0.4) is 0 Å². The second kappa shape index (κ2) is 7.18. The van der Waals surface area contributed by atoms with Gasteiger partial charge in [-0.05, 0) is 30.7 Å². The number of nitrogens with one attached hydrogen (secondary N) is 1. The average Bonchev–Trinajstić information content (AvgIpc) is 2.48. The first kappa shape index (κ1) is 15.4. The van der Waals surface area contributed by atoms with Gasteiger partial charge in [-0.3, -0.25) is 9.59 Å². The first-order valence-corrected chi connectivity index (χ1v) is 7.50. The van der Waals surface area contributed by atoms with Gasteiger partial charge < -0.3 is 5.32 Å². The minimum atomic E-state index is -0.144. The van der Waals surface area contributed by atoms with Crippen molar-refractivity contribution in [2.75, 3.05) is 5.32 Å². The number of anilines is 1. The molecule has 0 unspecified atom stereocenters. The minimum absolute atomic E-state index is 0.0255. The molecule has 1 amide bonds. The Balaban J connectivity index is 1.88. The highest BCUT2D eigenvalue weighted by molar-refractivity contribution is 9.10. The van der Waals surface area contributed by atoms with Gasteiger partial charge in [0.1, 0.15) is 0 Å². The van der Waals surface area contributed by atoms with Crippen LogP contribution in [0.2, 0.25) is 0 Å². The highest BCUT2D eigenvalue weighted by Crippen LogP contribution is 2.15. The van der Waals surface area contributed by atoms with E-state index in [9.17, 15) is 9.59 Å². The highest BCUT2D eigenvalue weighted by Gasteiger charge is 2.10. The molecule has 108 valence electrons. The number of hydrogen-bond donors (Lipinski definition) is 1. The van der Waals surface area contributed by atoms with Crippen molar-refractivity contribution in [3.8, 4) is 0 Å². The fourth-order valence-corrected chi connectivity index (χ4v) is 2.20. The fraction of sp³-hybridized carbons (Fsp3) is 0.176. The molecule has 0 aromatic heterocycles. The summed E-state index contributed by atoms with van der Waals surface area (Å²) in [5, 5.41) is 2.83. The van der Waals surface area contributed by atoms with Crippen LogP contribution in [0.4, 0.5) is 5.69 Å². The first-order valence-electron chi connectivity index (χ1n) is 6.70. The van der Waals surface area contributed by atoms with Gasteiger partial charge in [0.15, 0.2) is 5.78 Å². The Morgan fingerprint density at radius 3 is 2.33 bits per heavy atom. The number of hydrogen-bond acceptors (Lipinski definition) is 2. The van der Waals surface area contributed by atoms with Gasteiger partial charge in [-0.2, -0.15) is 0 Å². The molecule has 3 nitrogen and oxygen atoms in total. The largest absolute Gasteiger partial charge is 0.326 e. The van der Waals surface area contributed by atoms with E-state index in [2.05, 4.69) is 21.2 Å². The van der Waals surface area contributed by atoms with E-state index in [0.717, 1.165) is 15.7 Å². The predicted octanol–water partition coefficient (Wildman–Crippen LogP) is 4.36. The molecule has 0 radical (unpaired) electrons. The summed E-state index contributed by atoms with van der Waals surface area (Å²) in [6.07, 6.45) is 0.391. The van der Waals surface area contributed by atoms with E-state index >= 15 is 0 Å². The maximum Gasteiger partial charge on any atom is 0.224 e. The van der Waals surface area contributed by atoms with Crippen LogP contribution in [-0.4, -0.2) is 11.7 Å². The summed E-state index contributed by atoms with van der Waals surface area (Å²) < 4.78 is 0.927. The summed E-state index contributed by atoms with van der Waals surface area (Å²) in [5.41, 5.74) is 2.42. The van der Waals surface area contributed by atoms with E-state index in [1.54, 1.807) is 12.1 Å². The van der Waals surface area contributed by atoms with Crippen LogP contribution in [0.15, 0.2) is 53.0 Å². The lowest BCUT2D eigenvalue weighted by molar-refractivity contribution is -0.116. The molecule has 0 heterocycles. The third-order valence-corrected chi connectivity index (χ3v) is 3.69. The van der Waals surface area contributed by atoms with Crippen LogP contribution in [0, 0.1) is 6.92 Å². The van der Waals surface area contributed by atoms with Crippen molar-refractivity contribution in [3.63, 3.8) is 0 Å². The Kier molecular flexibility index (Phi) is 5.28. The third-order valence-electron chi connectivity index (χ3n) is 3.16. The summed E-state index contributed by atoms with van der Waals surface area (Å²) in [7, 11) is 0. The van der Waals surface area contributed by atoms with Crippen molar-refractivity contribution >= 4 is 33.3 Å². The van der Waals surface area contributed by atoms with Gasteiger partial charge in [-0.25, -0.2) is 0 Å². The van der Waals surface area contributed by atoms with E-state index < -0.39 is 0 Å². The van der Waals surface area contributed by atoms with Crippen LogP contribution in [-0.2, 0) is 4.79 Å². The number of carbonyl (C=O) groups is 2. The summed E-state index contributed by atoms with van der Waals surface area (Å²) >= 11 is 3.33. The van der Waals surface area contributed by atoms with Gasteiger partial charge in [-0.1, -0.05) is 46.3 Å². The SMILES string of the molecule is Cc1ccccc1NC(=O)CCC(=O)c1ccc(Br)cc1. The molecule has 0 saturated carbocycles. The Labute approximate surface area is 132 Å². The lowest BCUT2D eigenvalue weighted by Crippen LogP contribution is -2.14. The zero-order chi connectivity index (χ0) is 15.2. The molecule has 21 heavy (non-hydrogen) atoms. The van der Waals surface area contributed by atoms with Gasteiger partial charge >= 0.3 is 0 Å². The third kappa shape index (κ3) is 4.53. The number of aryl methyl sites for hydroxylation is 1. The van der Waals surface area contributed by atoms with E-state index in [1.807, 2.05) is 43.3 Å². The van der Waals surface area contributed by atoms with Crippen LogP contribution in [0.5, 0.6) is 0 Å². The molecule has 2 aromatic rings. The predicted molar refractivity (Wildman–Crippen MR) is 87.5 cm³/mol. The molecule has 0 aliphatic heterocycles. The Hall–Kier alpha value is -1.94. The Morgan fingerprint density at radius 1 is 1.00 bits per heavy atom. The number of para-hydroxylation sites is 1. The molecule has 0 atom stereocenters. The molecular weight excluding hydrogens is 330 g/mol. The van der Waals surface area contributed by atoms with E-state index in [0.29, 0.717) is 5.56 Å². The number of halogens is 1. The van der Waals surface area contributed by atoms with E-state index in [4.69, 9.17) is 0 Å². The molecule has 0 bridgehead atoms. The number of carbonyl (C=O) groups excluding carboxylic acids is 2. The maximum absolute atomic E-state index is 12.0. The topological polar surface area (TPSA) is 46.2 Å². The quantitative estimate of drug-likeness (QED) is 0.818. The van der Waals surface area contributed by atoms with Gasteiger partial charge in [-0.15, -0.1) is 0 Å². The van der Waals surface area contributed by atoms with Crippen molar-refractivity contribution in [3.05, 3.63) is 64.1 Å². The normalized spacial score (nSPS) is 10.2. The summed E-state index contributed by atoms with van der Waals surface area (Å²) in [6, 6.07) is 14.7. The van der Waals surface area contributed by atoms with Crippen molar-refractivity contribution in [1.29, 1.82) is 0 Å². The van der Waals surface area contributed by atoms with E-state index in [-0.39, 0.29) is 24.5 Å². The monoisotopic (exact) mass is 345 g/mol. The lowest BCUT2D eigenvalue weighted by atomic mass is 10.1. The average molecular weight is 346 g/mol. The maximum atomic E-state index is 12.0. The number of amides is 1. The molecule has 1 N–H and O–H groups in total. The lowest BCUT2D eigenvalue weighted by Gasteiger charge is -2.07. The fourth-order valence-electron chi connectivity index (χ4n) is 1.93. The molecule has 0 aliphatic carbocycles. The first-order chi connectivity index (χ1) is 10.1. The second-order valence-electron chi connectivity index (χ2n) is 4.79.